The molecule has 214 valence electrons. The lowest BCUT2D eigenvalue weighted by Crippen LogP contribution is -2.49. The third-order valence-corrected chi connectivity index (χ3v) is 9.53. The highest BCUT2D eigenvalue weighted by Crippen LogP contribution is 2.45. The molecule has 2 fully saturated rings. The highest BCUT2D eigenvalue weighted by atomic mass is 32.1. The molecule has 1 aromatic rings. The first-order chi connectivity index (χ1) is 17.7. The first-order valence-electron chi connectivity index (χ1n) is 14.1. The van der Waals surface area contributed by atoms with Crippen LogP contribution < -0.4 is 0 Å². The third-order valence-electron chi connectivity index (χ3n) is 8.74. The summed E-state index contributed by atoms with van der Waals surface area (Å²) in [5, 5.41) is 25.4. The van der Waals surface area contributed by atoms with Crippen LogP contribution >= 0.6 is 11.3 Å². The van der Waals surface area contributed by atoms with Crippen molar-refractivity contribution in [3.8, 4) is 0 Å². The number of aromatic nitrogens is 1. The maximum Gasteiger partial charge on any atom is 0.312 e. The predicted octanol–water partition coefficient (Wildman–Crippen LogP) is 5.50. The number of epoxide rings is 1. The van der Waals surface area contributed by atoms with E-state index in [2.05, 4.69) is 11.9 Å². The van der Waals surface area contributed by atoms with E-state index in [0.29, 0.717) is 19.3 Å². The smallest absolute Gasteiger partial charge is 0.312 e. The van der Waals surface area contributed by atoms with Crippen LogP contribution in [0.4, 0.5) is 0 Å². The number of esters is 1. The van der Waals surface area contributed by atoms with Gasteiger partial charge in [-0.2, -0.15) is 0 Å². The van der Waals surface area contributed by atoms with Gasteiger partial charge in [0.25, 0.3) is 0 Å². The van der Waals surface area contributed by atoms with Gasteiger partial charge >= 0.3 is 5.97 Å². The summed E-state index contributed by atoms with van der Waals surface area (Å²) in [4.78, 5) is 31.7. The summed E-state index contributed by atoms with van der Waals surface area (Å²) in [5.41, 5.74) is 0.154. The Morgan fingerprint density at radius 2 is 1.92 bits per heavy atom. The van der Waals surface area contributed by atoms with E-state index in [1.165, 1.54) is 0 Å². The Bertz CT molecular complexity index is 1020. The number of carbonyl (C=O) groups excluding carboxylic acids is 2. The summed E-state index contributed by atoms with van der Waals surface area (Å²) in [5.74, 6) is -2.36. The second-order valence-corrected chi connectivity index (χ2v) is 13.4. The molecule has 0 radical (unpaired) electrons. The van der Waals surface area contributed by atoms with Gasteiger partial charge in [0.1, 0.15) is 11.9 Å². The van der Waals surface area contributed by atoms with E-state index in [-0.39, 0.29) is 23.4 Å². The van der Waals surface area contributed by atoms with Crippen LogP contribution in [0.5, 0.6) is 0 Å². The average molecular weight is 550 g/mol. The number of thiazole rings is 1. The Hall–Kier alpha value is -1.61. The topological polar surface area (TPSA) is 109 Å². The van der Waals surface area contributed by atoms with Crippen molar-refractivity contribution < 1.29 is 29.3 Å². The quantitative estimate of drug-likeness (QED) is 0.377. The Morgan fingerprint density at radius 1 is 1.24 bits per heavy atom. The number of aliphatic hydroxyl groups is 2. The fourth-order valence-electron chi connectivity index (χ4n) is 5.87. The summed E-state index contributed by atoms with van der Waals surface area (Å²) in [7, 11) is 0. The number of nitrogens with zero attached hydrogens (tertiary/aromatic N) is 1. The number of aryl methyl sites for hydroxylation is 1. The number of cyclic esters (lactones) is 1. The van der Waals surface area contributed by atoms with Crippen LogP contribution in [0.2, 0.25) is 0 Å². The summed E-state index contributed by atoms with van der Waals surface area (Å²) in [6.07, 6.45) is 3.30. The molecular weight excluding hydrogens is 502 g/mol. The molecule has 3 rings (SSSR count). The molecule has 3 heterocycles. The normalized spacial score (nSPS) is 37.4. The molecule has 2 unspecified atom stereocenters. The lowest BCUT2D eigenvalue weighted by Gasteiger charge is -2.37. The standard InChI is InChI=1S/C30H47NO6S/c1-9-11-22-27(34)29(6,7)26(33)19(4)25(32)17(2)12-10-13-30(8)24(37-30)15-23(36-28(22)35)18(3)14-21-16-38-20(5)31-21/h14,16-17,19,22-25,27,32,34H,9-13,15H2,1-8H3/b18-14+/t17-,19+,22?,23-,24-,25-,27?,30+/m0/s1. The molecule has 0 bridgehead atoms. The number of aliphatic hydroxyl groups excluding tert-OH is 2. The van der Waals surface area contributed by atoms with Crippen LogP contribution in [0.15, 0.2) is 11.0 Å². The lowest BCUT2D eigenvalue weighted by molar-refractivity contribution is -0.163. The van der Waals surface area contributed by atoms with Crippen molar-refractivity contribution in [2.45, 2.75) is 124 Å². The third kappa shape index (κ3) is 6.93. The summed E-state index contributed by atoms with van der Waals surface area (Å²) in [6, 6.07) is 0. The van der Waals surface area contributed by atoms with Gasteiger partial charge in [0.2, 0.25) is 0 Å². The molecular formula is C30H47NO6S. The number of rotatable bonds is 4. The molecule has 0 saturated carbocycles. The molecule has 0 aromatic carbocycles. The van der Waals surface area contributed by atoms with Crippen LogP contribution in [0, 0.1) is 30.1 Å². The van der Waals surface area contributed by atoms with Crippen LogP contribution in [0.3, 0.4) is 0 Å². The first-order valence-corrected chi connectivity index (χ1v) is 15.0. The van der Waals surface area contributed by atoms with Crippen LogP contribution in [0.1, 0.15) is 97.7 Å². The molecule has 2 saturated heterocycles. The van der Waals surface area contributed by atoms with Crippen molar-refractivity contribution in [2.75, 3.05) is 0 Å². The minimum atomic E-state index is -1.24. The molecule has 0 amide bonds. The van der Waals surface area contributed by atoms with Gasteiger partial charge in [0.15, 0.2) is 0 Å². The number of ether oxygens (including phenoxy) is 2. The molecule has 2 N–H and O–H groups in total. The number of fused-ring (bicyclic) bond motifs is 1. The fraction of sp³-hybridized carbons (Fsp3) is 0.767. The maximum absolute atomic E-state index is 13.6. The lowest BCUT2D eigenvalue weighted by atomic mass is 9.70. The van der Waals surface area contributed by atoms with Crippen molar-refractivity contribution in [3.63, 3.8) is 0 Å². The Morgan fingerprint density at radius 3 is 2.53 bits per heavy atom. The fourth-order valence-corrected chi connectivity index (χ4v) is 6.44. The van der Waals surface area contributed by atoms with Gasteiger partial charge in [-0.1, -0.05) is 47.5 Å². The van der Waals surface area contributed by atoms with Gasteiger partial charge in [-0.3, -0.25) is 9.59 Å². The predicted molar refractivity (Wildman–Crippen MR) is 150 cm³/mol. The van der Waals surface area contributed by atoms with E-state index >= 15 is 0 Å². The highest BCUT2D eigenvalue weighted by Gasteiger charge is 2.53. The number of Topliss-reactive ketones (excluding diaryl/α,β-unsaturated/α-hetero) is 1. The van der Waals surface area contributed by atoms with Crippen LogP contribution in [0.25, 0.3) is 6.08 Å². The average Bonchev–Trinajstić information content (AvgIpc) is 3.30. The van der Waals surface area contributed by atoms with E-state index in [1.807, 2.05) is 39.2 Å². The van der Waals surface area contributed by atoms with Crippen molar-refractivity contribution >= 4 is 29.2 Å². The molecule has 38 heavy (non-hydrogen) atoms. The maximum atomic E-state index is 13.6. The van der Waals surface area contributed by atoms with Gasteiger partial charge in [0, 0.05) is 17.7 Å². The second-order valence-electron chi connectivity index (χ2n) is 12.3. The van der Waals surface area contributed by atoms with Gasteiger partial charge in [-0.25, -0.2) is 4.98 Å². The number of hydrogen-bond donors (Lipinski definition) is 2. The molecule has 0 aliphatic carbocycles. The molecule has 1 aromatic heterocycles. The molecule has 2 aliphatic heterocycles. The Balaban J connectivity index is 1.96. The molecule has 8 heteroatoms. The van der Waals surface area contributed by atoms with Gasteiger partial charge in [-0.15, -0.1) is 11.3 Å². The van der Waals surface area contributed by atoms with E-state index in [1.54, 1.807) is 32.1 Å². The highest BCUT2D eigenvalue weighted by molar-refractivity contribution is 7.09. The molecule has 7 nitrogen and oxygen atoms in total. The monoisotopic (exact) mass is 549 g/mol. The number of ketones is 1. The van der Waals surface area contributed by atoms with Gasteiger partial charge in [0.05, 0.1) is 45.9 Å². The largest absolute Gasteiger partial charge is 0.457 e. The zero-order valence-corrected chi connectivity index (χ0v) is 25.1. The SMILES string of the molecule is CCCC1C(=O)O[C@H](/C(C)=C/c2csc(C)n2)C[C@@H]2O[C@]2(C)CCC[C@H](C)[C@H](O)[C@@H](C)C(=O)C(C)(C)C1O. The molecule has 2 aliphatic rings. The minimum Gasteiger partial charge on any atom is -0.457 e. The number of carbonyl (C=O) groups is 2. The van der Waals surface area contributed by atoms with E-state index in [0.717, 1.165) is 35.5 Å². The van der Waals surface area contributed by atoms with E-state index in [4.69, 9.17) is 9.47 Å². The van der Waals surface area contributed by atoms with Gasteiger partial charge < -0.3 is 19.7 Å². The molecule has 0 spiro atoms. The Kier molecular flexibility index (Phi) is 9.99. The van der Waals surface area contributed by atoms with Crippen LogP contribution in [-0.2, 0) is 19.1 Å². The summed E-state index contributed by atoms with van der Waals surface area (Å²) < 4.78 is 12.3. The zero-order chi connectivity index (χ0) is 28.4. The van der Waals surface area contributed by atoms with Crippen molar-refractivity contribution in [1.82, 2.24) is 4.98 Å². The summed E-state index contributed by atoms with van der Waals surface area (Å²) in [6.45, 7) is 15.0. The van der Waals surface area contributed by atoms with Gasteiger partial charge in [-0.05, 0) is 57.6 Å². The zero-order valence-electron chi connectivity index (χ0n) is 24.3. The summed E-state index contributed by atoms with van der Waals surface area (Å²) >= 11 is 1.57. The number of hydrogen-bond acceptors (Lipinski definition) is 8. The van der Waals surface area contributed by atoms with Crippen molar-refractivity contribution in [2.24, 2.45) is 23.2 Å². The Labute approximate surface area is 232 Å². The van der Waals surface area contributed by atoms with Crippen molar-refractivity contribution in [3.05, 3.63) is 21.7 Å². The second kappa shape index (κ2) is 12.3. The van der Waals surface area contributed by atoms with E-state index < -0.39 is 41.5 Å². The first kappa shape index (κ1) is 30.9. The van der Waals surface area contributed by atoms with Crippen LogP contribution in [-0.4, -0.2) is 57.0 Å². The van der Waals surface area contributed by atoms with E-state index in [9.17, 15) is 19.8 Å². The van der Waals surface area contributed by atoms with Crippen molar-refractivity contribution in [1.29, 1.82) is 0 Å². The molecule has 8 atom stereocenters. The minimum absolute atomic E-state index is 0.0551.